The Morgan fingerprint density at radius 2 is 2.08 bits per heavy atom. The number of thioether (sulfide) groups is 1. The molecular weight excluding hydrogens is 381 g/mol. The number of aromatic nitrogens is 2. The molecule has 3 rings (SSSR count). The maximum atomic E-state index is 12.8. The van der Waals surface area contributed by atoms with Crippen LogP contribution in [0.15, 0.2) is 33.9 Å². The smallest absolute Gasteiger partial charge is 0.277 e. The highest BCUT2D eigenvalue weighted by atomic mass is 32.2. The Labute approximate surface area is 154 Å². The largest absolute Gasteiger partial charge is 0.416 e. The van der Waals surface area contributed by atoms with E-state index < -0.39 is 9.84 Å². The van der Waals surface area contributed by atoms with E-state index in [0.717, 1.165) is 17.3 Å². The third-order valence-electron chi connectivity index (χ3n) is 3.97. The van der Waals surface area contributed by atoms with Crippen LogP contribution in [0, 0.1) is 11.7 Å². The predicted octanol–water partition coefficient (Wildman–Crippen LogP) is 1.59. The van der Waals surface area contributed by atoms with Gasteiger partial charge in [0.2, 0.25) is 11.8 Å². The summed E-state index contributed by atoms with van der Waals surface area (Å²) in [5, 5.41) is 10.8. The van der Waals surface area contributed by atoms with Crippen LogP contribution in [0.2, 0.25) is 0 Å². The third kappa shape index (κ3) is 5.53. The van der Waals surface area contributed by atoms with Gasteiger partial charge in [-0.05, 0) is 30.0 Å². The fraction of sp³-hybridized carbons (Fsp3) is 0.438. The monoisotopic (exact) mass is 399 g/mol. The van der Waals surface area contributed by atoms with E-state index in [2.05, 4.69) is 15.5 Å². The van der Waals surface area contributed by atoms with Gasteiger partial charge in [-0.3, -0.25) is 4.79 Å². The first kappa shape index (κ1) is 18.8. The van der Waals surface area contributed by atoms with E-state index in [-0.39, 0.29) is 40.1 Å². The summed E-state index contributed by atoms with van der Waals surface area (Å²) in [4.78, 5) is 11.9. The Kier molecular flexibility index (Phi) is 5.92. The SMILES string of the molecule is O=C(CSc1nnc(C[C@H]2CCS(=O)(=O)C2)o1)NCc1ccc(F)cc1. The van der Waals surface area contributed by atoms with Gasteiger partial charge in [0.15, 0.2) is 9.84 Å². The van der Waals surface area contributed by atoms with Gasteiger partial charge < -0.3 is 9.73 Å². The van der Waals surface area contributed by atoms with E-state index in [1.54, 1.807) is 12.1 Å². The number of rotatable bonds is 7. The number of amides is 1. The van der Waals surface area contributed by atoms with Gasteiger partial charge in [0, 0.05) is 13.0 Å². The molecule has 1 aromatic heterocycles. The molecule has 0 unspecified atom stereocenters. The molecule has 1 atom stereocenters. The Morgan fingerprint density at radius 1 is 1.31 bits per heavy atom. The molecule has 140 valence electrons. The van der Waals surface area contributed by atoms with Crippen LogP contribution in [0.3, 0.4) is 0 Å². The fourth-order valence-corrected chi connectivity index (χ4v) is 5.11. The molecule has 0 saturated carbocycles. The van der Waals surface area contributed by atoms with Gasteiger partial charge in [0.1, 0.15) is 5.82 Å². The molecule has 2 heterocycles. The van der Waals surface area contributed by atoms with E-state index in [1.807, 2.05) is 0 Å². The van der Waals surface area contributed by atoms with Crippen molar-refractivity contribution in [2.75, 3.05) is 17.3 Å². The van der Waals surface area contributed by atoms with Crippen LogP contribution in [-0.4, -0.2) is 41.8 Å². The molecule has 1 saturated heterocycles. The summed E-state index contributed by atoms with van der Waals surface area (Å²) >= 11 is 1.11. The lowest BCUT2D eigenvalue weighted by Crippen LogP contribution is -2.24. The number of carbonyl (C=O) groups excluding carboxylic acids is 1. The second-order valence-electron chi connectivity index (χ2n) is 6.13. The van der Waals surface area contributed by atoms with Crippen LogP contribution in [0.25, 0.3) is 0 Å². The number of sulfone groups is 1. The quantitative estimate of drug-likeness (QED) is 0.706. The summed E-state index contributed by atoms with van der Waals surface area (Å²) < 4.78 is 41.2. The van der Waals surface area contributed by atoms with E-state index in [0.29, 0.717) is 25.3 Å². The standard InChI is InChI=1S/C16H18FN3O4S2/c17-13-3-1-11(2-4-13)8-18-14(21)9-25-16-20-19-15(24-16)7-12-5-6-26(22,23)10-12/h1-4,12H,5-10H2,(H,18,21)/t12-/m1/s1. The highest BCUT2D eigenvalue weighted by Gasteiger charge is 2.29. The molecular formula is C16H18FN3O4S2. The molecule has 2 aromatic rings. The lowest BCUT2D eigenvalue weighted by atomic mass is 10.1. The second-order valence-corrected chi connectivity index (χ2v) is 9.28. The van der Waals surface area contributed by atoms with Crippen LogP contribution in [0.5, 0.6) is 0 Å². The number of halogens is 1. The molecule has 10 heteroatoms. The number of hydrogen-bond acceptors (Lipinski definition) is 7. The van der Waals surface area contributed by atoms with E-state index in [9.17, 15) is 17.6 Å². The third-order valence-corrected chi connectivity index (χ3v) is 6.62. The van der Waals surface area contributed by atoms with E-state index >= 15 is 0 Å². The molecule has 1 aliphatic heterocycles. The Morgan fingerprint density at radius 3 is 2.77 bits per heavy atom. The van der Waals surface area contributed by atoms with Gasteiger partial charge in [0.05, 0.1) is 17.3 Å². The average Bonchev–Trinajstić information content (AvgIpc) is 3.18. The van der Waals surface area contributed by atoms with Crippen molar-refractivity contribution in [3.05, 3.63) is 41.5 Å². The zero-order valence-corrected chi connectivity index (χ0v) is 15.5. The summed E-state index contributed by atoms with van der Waals surface area (Å²) in [6, 6.07) is 5.89. The van der Waals surface area contributed by atoms with E-state index in [1.165, 1.54) is 12.1 Å². The number of nitrogens with one attached hydrogen (secondary N) is 1. The minimum Gasteiger partial charge on any atom is -0.416 e. The van der Waals surface area contributed by atoms with Crippen LogP contribution < -0.4 is 5.32 Å². The number of carbonyl (C=O) groups is 1. The Hall–Kier alpha value is -1.94. The molecule has 1 aromatic carbocycles. The second kappa shape index (κ2) is 8.17. The number of benzene rings is 1. The van der Waals surface area contributed by atoms with Crippen molar-refractivity contribution in [3.63, 3.8) is 0 Å². The molecule has 0 spiro atoms. The van der Waals surface area contributed by atoms with E-state index in [4.69, 9.17) is 4.42 Å². The highest BCUT2D eigenvalue weighted by Crippen LogP contribution is 2.23. The maximum Gasteiger partial charge on any atom is 0.277 e. The van der Waals surface area contributed by atoms with Crippen LogP contribution in [0.1, 0.15) is 17.9 Å². The summed E-state index contributed by atoms with van der Waals surface area (Å²) in [7, 11) is -2.93. The van der Waals surface area contributed by atoms with Crippen LogP contribution >= 0.6 is 11.8 Å². The van der Waals surface area contributed by atoms with Gasteiger partial charge in [0.25, 0.3) is 5.22 Å². The molecule has 0 bridgehead atoms. The molecule has 1 aliphatic rings. The zero-order valence-electron chi connectivity index (χ0n) is 13.9. The first-order valence-electron chi connectivity index (χ1n) is 8.06. The van der Waals surface area contributed by atoms with Crippen LogP contribution in [0.4, 0.5) is 4.39 Å². The summed E-state index contributed by atoms with van der Waals surface area (Å²) in [5.74, 6) is 0.351. The average molecular weight is 399 g/mol. The molecule has 0 aliphatic carbocycles. The molecule has 0 radical (unpaired) electrons. The summed E-state index contributed by atoms with van der Waals surface area (Å²) in [6.45, 7) is 0.310. The van der Waals surface area contributed by atoms with Gasteiger partial charge in [-0.2, -0.15) is 0 Å². The summed E-state index contributed by atoms with van der Waals surface area (Å²) in [5.41, 5.74) is 0.802. The Bertz CT molecular complexity index is 868. The van der Waals surface area contributed by atoms with Crippen molar-refractivity contribution in [2.45, 2.75) is 24.6 Å². The molecule has 7 nitrogen and oxygen atoms in total. The fourth-order valence-electron chi connectivity index (χ4n) is 2.64. The molecule has 1 N–H and O–H groups in total. The zero-order chi connectivity index (χ0) is 18.6. The Balaban J connectivity index is 1.41. The normalized spacial score (nSPS) is 18.7. The molecule has 26 heavy (non-hydrogen) atoms. The van der Waals surface area contributed by atoms with Crippen molar-refractivity contribution >= 4 is 27.5 Å². The minimum absolute atomic E-state index is 0.0114. The highest BCUT2D eigenvalue weighted by molar-refractivity contribution is 7.99. The van der Waals surface area contributed by atoms with Crippen molar-refractivity contribution in [2.24, 2.45) is 5.92 Å². The first-order chi connectivity index (χ1) is 12.4. The van der Waals surface area contributed by atoms with Crippen molar-refractivity contribution in [1.29, 1.82) is 0 Å². The van der Waals surface area contributed by atoms with Gasteiger partial charge >= 0.3 is 0 Å². The molecule has 1 amide bonds. The molecule has 1 fully saturated rings. The van der Waals surface area contributed by atoms with Gasteiger partial charge in [-0.1, -0.05) is 23.9 Å². The number of hydrogen-bond donors (Lipinski definition) is 1. The number of nitrogens with zero attached hydrogens (tertiary/aromatic N) is 2. The lowest BCUT2D eigenvalue weighted by Gasteiger charge is -2.04. The minimum atomic E-state index is -2.93. The van der Waals surface area contributed by atoms with Crippen molar-refractivity contribution in [1.82, 2.24) is 15.5 Å². The first-order valence-corrected chi connectivity index (χ1v) is 10.9. The summed E-state index contributed by atoms with van der Waals surface area (Å²) in [6.07, 6.45) is 1.04. The van der Waals surface area contributed by atoms with Gasteiger partial charge in [-0.25, -0.2) is 12.8 Å². The van der Waals surface area contributed by atoms with Crippen molar-refractivity contribution in [3.8, 4) is 0 Å². The topological polar surface area (TPSA) is 102 Å². The predicted molar refractivity (Wildman–Crippen MR) is 93.7 cm³/mol. The van der Waals surface area contributed by atoms with Crippen LogP contribution in [-0.2, 0) is 27.6 Å². The van der Waals surface area contributed by atoms with Gasteiger partial charge in [-0.15, -0.1) is 10.2 Å². The lowest BCUT2D eigenvalue weighted by molar-refractivity contribution is -0.118. The van der Waals surface area contributed by atoms with Crippen molar-refractivity contribution < 1.29 is 22.0 Å². The maximum absolute atomic E-state index is 12.8.